The molecule has 5 heteroatoms. The largest absolute Gasteiger partial charge is 0.494 e. The molecule has 0 spiro atoms. The third-order valence-electron chi connectivity index (χ3n) is 6.41. The summed E-state index contributed by atoms with van der Waals surface area (Å²) >= 11 is 0. The highest BCUT2D eigenvalue weighted by molar-refractivity contribution is 5.94. The van der Waals surface area contributed by atoms with Crippen LogP contribution < -0.4 is 4.74 Å². The predicted octanol–water partition coefficient (Wildman–Crippen LogP) is 4.67. The molecule has 1 amide bonds. The van der Waals surface area contributed by atoms with Gasteiger partial charge in [0, 0.05) is 24.3 Å². The summed E-state index contributed by atoms with van der Waals surface area (Å²) < 4.78 is 7.78. The average Bonchev–Trinajstić information content (AvgIpc) is 3.47. The molecule has 0 N–H and O–H groups in total. The summed E-state index contributed by atoms with van der Waals surface area (Å²) in [6, 6.07) is 7.99. The fourth-order valence-corrected chi connectivity index (χ4v) is 4.76. The number of nitrogens with zero attached hydrogens (tertiary/aromatic N) is 3. The lowest BCUT2D eigenvalue weighted by Crippen LogP contribution is -2.38. The summed E-state index contributed by atoms with van der Waals surface area (Å²) in [6.07, 6.45) is 10.2. The topological polar surface area (TPSA) is 47.4 Å². The number of rotatable bonds is 8. The van der Waals surface area contributed by atoms with E-state index in [1.165, 1.54) is 30.5 Å². The van der Waals surface area contributed by atoms with Gasteiger partial charge in [0.15, 0.2) is 0 Å². The first kappa shape index (κ1) is 20.0. The van der Waals surface area contributed by atoms with Crippen LogP contribution in [0.4, 0.5) is 0 Å². The zero-order chi connectivity index (χ0) is 20.2. The summed E-state index contributed by atoms with van der Waals surface area (Å²) in [7, 11) is 2.03. The number of unbranched alkanes of at least 4 members (excludes halogenated alkanes) is 1. The number of carbonyl (C=O) groups excluding carboxylic acids is 1. The lowest BCUT2D eigenvalue weighted by Gasteiger charge is -2.29. The van der Waals surface area contributed by atoms with Gasteiger partial charge in [0.05, 0.1) is 18.8 Å². The monoisotopic (exact) mass is 395 g/mol. The van der Waals surface area contributed by atoms with Crippen LogP contribution >= 0.6 is 0 Å². The van der Waals surface area contributed by atoms with Crippen LogP contribution in [0.3, 0.4) is 0 Å². The zero-order valence-corrected chi connectivity index (χ0v) is 17.8. The molecule has 1 aromatic heterocycles. The third kappa shape index (κ3) is 4.34. The third-order valence-corrected chi connectivity index (χ3v) is 6.41. The van der Waals surface area contributed by atoms with Crippen molar-refractivity contribution in [3.63, 3.8) is 0 Å². The number of hydrogen-bond acceptors (Lipinski definition) is 3. The molecule has 1 saturated carbocycles. The Hall–Kier alpha value is -2.30. The van der Waals surface area contributed by atoms with Crippen molar-refractivity contribution in [2.75, 3.05) is 6.61 Å². The van der Waals surface area contributed by atoms with E-state index in [4.69, 9.17) is 9.84 Å². The SMILES string of the molecule is CCCCOc1ccc(C(=O)N(Cc2nn(C)c3c2CCC3)C2CCCC2)cc1. The molecule has 1 heterocycles. The lowest BCUT2D eigenvalue weighted by molar-refractivity contribution is 0.0661. The molecule has 1 fully saturated rings. The first-order valence-electron chi connectivity index (χ1n) is 11.2. The molecule has 4 rings (SSSR count). The molecule has 0 unspecified atom stereocenters. The van der Waals surface area contributed by atoms with Crippen molar-refractivity contribution in [2.45, 2.75) is 77.3 Å². The number of ether oxygens (including phenoxy) is 1. The van der Waals surface area contributed by atoms with Gasteiger partial charge in [-0.2, -0.15) is 5.10 Å². The van der Waals surface area contributed by atoms with Crippen molar-refractivity contribution >= 4 is 5.91 Å². The van der Waals surface area contributed by atoms with Crippen LogP contribution in [0.2, 0.25) is 0 Å². The molecular weight excluding hydrogens is 362 g/mol. The van der Waals surface area contributed by atoms with Crippen molar-refractivity contribution in [1.29, 1.82) is 0 Å². The fourth-order valence-electron chi connectivity index (χ4n) is 4.76. The average molecular weight is 396 g/mol. The minimum atomic E-state index is 0.120. The number of aromatic nitrogens is 2. The highest BCUT2D eigenvalue weighted by atomic mass is 16.5. The molecule has 2 aliphatic carbocycles. The minimum Gasteiger partial charge on any atom is -0.494 e. The second kappa shape index (κ2) is 9.02. The molecule has 0 atom stereocenters. The summed E-state index contributed by atoms with van der Waals surface area (Å²) in [5.41, 5.74) is 4.57. The minimum absolute atomic E-state index is 0.120. The van der Waals surface area contributed by atoms with E-state index in [0.29, 0.717) is 12.6 Å². The van der Waals surface area contributed by atoms with Crippen LogP contribution in [0.1, 0.15) is 79.2 Å². The zero-order valence-electron chi connectivity index (χ0n) is 17.8. The lowest BCUT2D eigenvalue weighted by atomic mass is 10.1. The summed E-state index contributed by atoms with van der Waals surface area (Å²) in [5.74, 6) is 0.958. The first-order valence-corrected chi connectivity index (χ1v) is 11.2. The van der Waals surface area contributed by atoms with Crippen molar-refractivity contribution in [2.24, 2.45) is 7.05 Å². The van der Waals surface area contributed by atoms with E-state index in [0.717, 1.165) is 62.1 Å². The normalized spacial score (nSPS) is 16.2. The van der Waals surface area contributed by atoms with Crippen LogP contribution in [0.5, 0.6) is 5.75 Å². The fraction of sp³-hybridized carbons (Fsp3) is 0.583. The summed E-state index contributed by atoms with van der Waals surface area (Å²) in [5, 5.41) is 4.78. The molecule has 0 radical (unpaired) electrons. The summed E-state index contributed by atoms with van der Waals surface area (Å²) in [6.45, 7) is 3.50. The van der Waals surface area contributed by atoms with Crippen molar-refractivity contribution in [1.82, 2.24) is 14.7 Å². The molecule has 0 bridgehead atoms. The van der Waals surface area contributed by atoms with Gasteiger partial charge in [-0.3, -0.25) is 9.48 Å². The van der Waals surface area contributed by atoms with Crippen molar-refractivity contribution in [3.8, 4) is 5.75 Å². The van der Waals surface area contributed by atoms with E-state index in [1.54, 1.807) is 0 Å². The Morgan fingerprint density at radius 1 is 1.17 bits per heavy atom. The van der Waals surface area contributed by atoms with Gasteiger partial charge < -0.3 is 9.64 Å². The smallest absolute Gasteiger partial charge is 0.254 e. The number of amides is 1. The van der Waals surface area contributed by atoms with Crippen LogP contribution in [-0.2, 0) is 26.4 Å². The highest BCUT2D eigenvalue weighted by Crippen LogP contribution is 2.30. The number of fused-ring (bicyclic) bond motifs is 1. The molecule has 2 aromatic rings. The first-order chi connectivity index (χ1) is 14.2. The molecule has 0 aliphatic heterocycles. The van der Waals surface area contributed by atoms with Gasteiger partial charge in [0.25, 0.3) is 5.91 Å². The molecular formula is C24H33N3O2. The van der Waals surface area contributed by atoms with Gasteiger partial charge >= 0.3 is 0 Å². The van der Waals surface area contributed by atoms with E-state index in [-0.39, 0.29) is 5.91 Å². The second-order valence-corrected chi connectivity index (χ2v) is 8.45. The Labute approximate surface area is 174 Å². The van der Waals surface area contributed by atoms with Gasteiger partial charge in [-0.25, -0.2) is 0 Å². The maximum atomic E-state index is 13.5. The number of aryl methyl sites for hydroxylation is 1. The van der Waals surface area contributed by atoms with Gasteiger partial charge in [0.1, 0.15) is 5.75 Å². The van der Waals surface area contributed by atoms with Gasteiger partial charge in [-0.15, -0.1) is 0 Å². The van der Waals surface area contributed by atoms with Crippen LogP contribution in [0, 0.1) is 0 Å². The Morgan fingerprint density at radius 3 is 2.66 bits per heavy atom. The van der Waals surface area contributed by atoms with E-state index in [9.17, 15) is 4.79 Å². The summed E-state index contributed by atoms with van der Waals surface area (Å²) in [4.78, 5) is 15.5. The van der Waals surface area contributed by atoms with E-state index in [2.05, 4.69) is 11.8 Å². The Balaban J connectivity index is 1.52. The number of carbonyl (C=O) groups is 1. The van der Waals surface area contributed by atoms with Gasteiger partial charge in [-0.05, 0) is 68.4 Å². The van der Waals surface area contributed by atoms with Crippen molar-refractivity contribution in [3.05, 3.63) is 46.8 Å². The van der Waals surface area contributed by atoms with E-state index < -0.39 is 0 Å². The van der Waals surface area contributed by atoms with Gasteiger partial charge in [-0.1, -0.05) is 26.2 Å². The Bertz CT molecular complexity index is 835. The molecule has 0 saturated heterocycles. The van der Waals surface area contributed by atoms with Gasteiger partial charge in [0.2, 0.25) is 0 Å². The van der Waals surface area contributed by atoms with E-state index in [1.807, 2.05) is 36.0 Å². The standard InChI is InChI=1S/C24H33N3O2/c1-3-4-16-29-20-14-12-18(13-15-20)24(28)27(19-8-5-6-9-19)17-22-21-10-7-11-23(21)26(2)25-22/h12-15,19H,3-11,16-17H2,1-2H3. The van der Waals surface area contributed by atoms with E-state index >= 15 is 0 Å². The highest BCUT2D eigenvalue weighted by Gasteiger charge is 2.30. The second-order valence-electron chi connectivity index (χ2n) is 8.45. The van der Waals surface area contributed by atoms with Crippen LogP contribution in [-0.4, -0.2) is 33.2 Å². The maximum Gasteiger partial charge on any atom is 0.254 e. The number of hydrogen-bond donors (Lipinski definition) is 0. The van der Waals surface area contributed by atoms with Crippen LogP contribution in [0.25, 0.3) is 0 Å². The Kier molecular flexibility index (Phi) is 6.22. The Morgan fingerprint density at radius 2 is 1.93 bits per heavy atom. The predicted molar refractivity (Wildman–Crippen MR) is 114 cm³/mol. The molecule has 29 heavy (non-hydrogen) atoms. The van der Waals surface area contributed by atoms with Crippen LogP contribution in [0.15, 0.2) is 24.3 Å². The number of benzene rings is 1. The molecule has 2 aliphatic rings. The molecule has 156 valence electrons. The maximum absolute atomic E-state index is 13.5. The quantitative estimate of drug-likeness (QED) is 0.610. The van der Waals surface area contributed by atoms with Crippen molar-refractivity contribution < 1.29 is 9.53 Å². The molecule has 5 nitrogen and oxygen atoms in total. The molecule has 1 aromatic carbocycles.